The molecule has 3 heteroatoms. The van der Waals surface area contributed by atoms with Crippen LogP contribution in [-0.2, 0) is 6.42 Å². The fraction of sp³-hybridized carbons (Fsp3) is 0.571. The minimum atomic E-state index is -1.04. The van der Waals surface area contributed by atoms with E-state index >= 15 is 0 Å². The summed E-state index contributed by atoms with van der Waals surface area (Å²) < 4.78 is 0. The Bertz CT molecular complexity index is 298. The Labute approximate surface area is 107 Å². The zero-order valence-electron chi connectivity index (χ0n) is 11.2. The lowest BCUT2D eigenvalue weighted by Gasteiger charge is -2.22. The van der Waals surface area contributed by atoms with Crippen LogP contribution in [-0.4, -0.2) is 27.7 Å². The van der Waals surface area contributed by atoms with Gasteiger partial charge in [0, 0.05) is 21.2 Å². The SMILES string of the molecule is C[Si](C)(CCNCCN)CCc1ccccc1. The van der Waals surface area contributed by atoms with Gasteiger partial charge < -0.3 is 11.1 Å². The first-order chi connectivity index (χ1) is 8.14. The van der Waals surface area contributed by atoms with E-state index in [9.17, 15) is 0 Å². The van der Waals surface area contributed by atoms with E-state index in [-0.39, 0.29) is 0 Å². The molecule has 17 heavy (non-hydrogen) atoms. The molecule has 0 spiro atoms. The molecule has 0 aliphatic rings. The number of nitrogens with two attached hydrogens (primary N) is 1. The van der Waals surface area contributed by atoms with Crippen molar-refractivity contribution in [1.82, 2.24) is 5.32 Å². The predicted molar refractivity (Wildman–Crippen MR) is 79.2 cm³/mol. The molecular formula is C14H26N2Si. The van der Waals surface area contributed by atoms with Gasteiger partial charge in [0.1, 0.15) is 0 Å². The van der Waals surface area contributed by atoms with Crippen molar-refractivity contribution in [2.24, 2.45) is 5.73 Å². The van der Waals surface area contributed by atoms with E-state index in [0.29, 0.717) is 0 Å². The minimum absolute atomic E-state index is 0.742. The Hall–Kier alpha value is -0.643. The quantitative estimate of drug-likeness (QED) is 0.549. The van der Waals surface area contributed by atoms with Crippen molar-refractivity contribution in [1.29, 1.82) is 0 Å². The number of hydrogen-bond donors (Lipinski definition) is 2. The molecular weight excluding hydrogens is 224 g/mol. The summed E-state index contributed by atoms with van der Waals surface area (Å²) >= 11 is 0. The van der Waals surface area contributed by atoms with Gasteiger partial charge in [-0.05, 0) is 24.6 Å². The van der Waals surface area contributed by atoms with Crippen LogP contribution < -0.4 is 11.1 Å². The maximum Gasteiger partial charge on any atom is 0.0489 e. The summed E-state index contributed by atoms with van der Waals surface area (Å²) in [6.07, 6.45) is 1.23. The predicted octanol–water partition coefficient (Wildman–Crippen LogP) is 2.49. The lowest BCUT2D eigenvalue weighted by atomic mass is 10.2. The molecule has 1 rings (SSSR count). The monoisotopic (exact) mass is 250 g/mol. The number of benzene rings is 1. The van der Waals surface area contributed by atoms with Crippen LogP contribution in [0.25, 0.3) is 0 Å². The molecule has 96 valence electrons. The van der Waals surface area contributed by atoms with Gasteiger partial charge in [-0.15, -0.1) is 0 Å². The van der Waals surface area contributed by atoms with Crippen LogP contribution in [0.2, 0.25) is 25.2 Å². The highest BCUT2D eigenvalue weighted by Gasteiger charge is 2.19. The van der Waals surface area contributed by atoms with E-state index in [4.69, 9.17) is 5.73 Å². The summed E-state index contributed by atoms with van der Waals surface area (Å²) in [4.78, 5) is 0. The average Bonchev–Trinajstić information content (AvgIpc) is 2.34. The molecule has 0 saturated carbocycles. The van der Waals surface area contributed by atoms with Crippen molar-refractivity contribution >= 4 is 8.07 Å². The van der Waals surface area contributed by atoms with Crippen molar-refractivity contribution in [2.45, 2.75) is 31.6 Å². The van der Waals surface area contributed by atoms with Crippen LogP contribution in [0.5, 0.6) is 0 Å². The maximum absolute atomic E-state index is 5.46. The van der Waals surface area contributed by atoms with Crippen molar-refractivity contribution in [3.63, 3.8) is 0 Å². The van der Waals surface area contributed by atoms with E-state index in [1.807, 2.05) is 0 Å². The van der Waals surface area contributed by atoms with Gasteiger partial charge in [0.15, 0.2) is 0 Å². The first-order valence-electron chi connectivity index (χ1n) is 6.59. The Morgan fingerprint density at radius 3 is 2.41 bits per heavy atom. The fourth-order valence-electron chi connectivity index (χ4n) is 1.91. The first kappa shape index (κ1) is 14.4. The third-order valence-electron chi connectivity index (χ3n) is 3.23. The van der Waals surface area contributed by atoms with Crippen LogP contribution >= 0.6 is 0 Å². The lowest BCUT2D eigenvalue weighted by Crippen LogP contribution is -2.32. The summed E-state index contributed by atoms with van der Waals surface area (Å²) in [6, 6.07) is 13.5. The van der Waals surface area contributed by atoms with Gasteiger partial charge in [-0.2, -0.15) is 0 Å². The molecule has 0 amide bonds. The third kappa shape index (κ3) is 6.61. The molecule has 1 aromatic rings. The second-order valence-electron chi connectivity index (χ2n) is 5.44. The molecule has 0 bridgehead atoms. The van der Waals surface area contributed by atoms with Crippen molar-refractivity contribution in [3.05, 3.63) is 35.9 Å². The second-order valence-corrected chi connectivity index (χ2v) is 10.8. The van der Waals surface area contributed by atoms with Crippen molar-refractivity contribution < 1.29 is 0 Å². The zero-order valence-corrected chi connectivity index (χ0v) is 12.2. The number of hydrogen-bond acceptors (Lipinski definition) is 2. The number of aryl methyl sites for hydroxylation is 1. The van der Waals surface area contributed by atoms with Crippen molar-refractivity contribution in [3.8, 4) is 0 Å². The van der Waals surface area contributed by atoms with E-state index in [1.165, 1.54) is 24.1 Å². The third-order valence-corrected chi connectivity index (χ3v) is 6.44. The van der Waals surface area contributed by atoms with Crippen LogP contribution in [0, 0.1) is 0 Å². The van der Waals surface area contributed by atoms with E-state index in [0.717, 1.165) is 19.6 Å². The first-order valence-corrected chi connectivity index (χ1v) is 10.0. The number of nitrogens with one attached hydrogen (secondary N) is 1. The smallest absolute Gasteiger partial charge is 0.0489 e. The Kier molecular flexibility index (Phi) is 6.48. The van der Waals surface area contributed by atoms with Crippen LogP contribution in [0.1, 0.15) is 5.56 Å². The van der Waals surface area contributed by atoms with Crippen LogP contribution in [0.15, 0.2) is 30.3 Å². The van der Waals surface area contributed by atoms with Gasteiger partial charge in [0.25, 0.3) is 0 Å². The molecule has 0 aliphatic carbocycles. The van der Waals surface area contributed by atoms with Gasteiger partial charge in [-0.3, -0.25) is 0 Å². The normalized spacial score (nSPS) is 11.7. The van der Waals surface area contributed by atoms with E-state index in [2.05, 4.69) is 48.7 Å². The van der Waals surface area contributed by atoms with Gasteiger partial charge in [-0.1, -0.05) is 49.5 Å². The highest BCUT2D eigenvalue weighted by molar-refractivity contribution is 6.77. The fourth-order valence-corrected chi connectivity index (χ4v) is 3.98. The van der Waals surface area contributed by atoms with Gasteiger partial charge in [0.2, 0.25) is 0 Å². The number of rotatable bonds is 8. The summed E-state index contributed by atoms with van der Waals surface area (Å²) in [5.41, 5.74) is 6.94. The summed E-state index contributed by atoms with van der Waals surface area (Å²) in [5.74, 6) is 0. The summed E-state index contributed by atoms with van der Waals surface area (Å²) in [5, 5.41) is 3.40. The standard InChI is InChI=1S/C14H26N2Si/c1-17(2,13-11-16-10-9-15)12-8-14-6-4-3-5-7-14/h3-7,16H,8-13,15H2,1-2H3. The summed E-state index contributed by atoms with van der Waals surface area (Å²) in [7, 11) is -1.04. The molecule has 0 saturated heterocycles. The van der Waals surface area contributed by atoms with Crippen LogP contribution in [0.3, 0.4) is 0 Å². The van der Waals surface area contributed by atoms with E-state index in [1.54, 1.807) is 0 Å². The summed E-state index contributed by atoms with van der Waals surface area (Å²) in [6.45, 7) is 7.79. The maximum atomic E-state index is 5.46. The molecule has 1 aromatic carbocycles. The largest absolute Gasteiger partial charge is 0.329 e. The molecule has 0 aliphatic heterocycles. The molecule has 0 radical (unpaired) electrons. The molecule has 2 nitrogen and oxygen atoms in total. The minimum Gasteiger partial charge on any atom is -0.329 e. The average molecular weight is 250 g/mol. The highest BCUT2D eigenvalue weighted by Crippen LogP contribution is 2.17. The Morgan fingerprint density at radius 1 is 1.06 bits per heavy atom. The topological polar surface area (TPSA) is 38.0 Å². The Balaban J connectivity index is 2.24. The van der Waals surface area contributed by atoms with Gasteiger partial charge in [-0.25, -0.2) is 0 Å². The van der Waals surface area contributed by atoms with E-state index < -0.39 is 8.07 Å². The molecule has 0 aromatic heterocycles. The van der Waals surface area contributed by atoms with Crippen molar-refractivity contribution in [2.75, 3.05) is 19.6 Å². The van der Waals surface area contributed by atoms with Crippen LogP contribution in [0.4, 0.5) is 0 Å². The zero-order chi connectivity index (χ0) is 12.6. The molecule has 3 N–H and O–H groups in total. The molecule has 0 unspecified atom stereocenters. The molecule has 0 heterocycles. The van der Waals surface area contributed by atoms with Gasteiger partial charge in [0.05, 0.1) is 0 Å². The Morgan fingerprint density at radius 2 is 1.76 bits per heavy atom. The molecule has 0 fully saturated rings. The molecule has 0 atom stereocenters. The second kappa shape index (κ2) is 7.64. The highest BCUT2D eigenvalue weighted by atomic mass is 28.3. The lowest BCUT2D eigenvalue weighted by molar-refractivity contribution is 0.718. The van der Waals surface area contributed by atoms with Gasteiger partial charge >= 0.3 is 0 Å².